The van der Waals surface area contributed by atoms with E-state index in [1.54, 1.807) is 6.07 Å². The Morgan fingerprint density at radius 1 is 1.09 bits per heavy atom. The molecule has 0 bridgehead atoms. The summed E-state index contributed by atoms with van der Waals surface area (Å²) in [4.78, 5) is 2.21. The minimum absolute atomic E-state index is 0.281. The van der Waals surface area contributed by atoms with E-state index in [4.69, 9.17) is 28.9 Å². The van der Waals surface area contributed by atoms with Gasteiger partial charge in [-0.05, 0) is 54.5 Å². The van der Waals surface area contributed by atoms with Crippen molar-refractivity contribution in [3.8, 4) is 0 Å². The Balaban J connectivity index is 1.71. The van der Waals surface area contributed by atoms with Crippen LogP contribution in [0.25, 0.3) is 0 Å². The summed E-state index contributed by atoms with van der Waals surface area (Å²) in [6.45, 7) is 0.619. The van der Waals surface area contributed by atoms with Crippen LogP contribution >= 0.6 is 23.2 Å². The zero-order chi connectivity index (χ0) is 16.4. The third-order valence-electron chi connectivity index (χ3n) is 4.82. The van der Waals surface area contributed by atoms with Crippen molar-refractivity contribution in [3.05, 3.63) is 63.6 Å². The third-order valence-corrected chi connectivity index (χ3v) is 5.25. The number of nitrogens with two attached hydrogens (primary N) is 1. The summed E-state index contributed by atoms with van der Waals surface area (Å²) in [5.41, 5.74) is 10.1. The van der Waals surface area contributed by atoms with Crippen molar-refractivity contribution < 1.29 is 0 Å². The first-order valence-corrected chi connectivity index (χ1v) is 8.78. The zero-order valence-corrected chi connectivity index (χ0v) is 14.8. The fourth-order valence-electron chi connectivity index (χ4n) is 3.57. The second-order valence-corrected chi connectivity index (χ2v) is 7.28. The van der Waals surface area contributed by atoms with Crippen molar-refractivity contribution in [2.75, 3.05) is 18.5 Å². The molecule has 4 heteroatoms. The van der Waals surface area contributed by atoms with E-state index in [0.717, 1.165) is 24.9 Å². The summed E-state index contributed by atoms with van der Waals surface area (Å²) >= 11 is 12.3. The molecule has 1 atom stereocenters. The van der Waals surface area contributed by atoms with Crippen molar-refractivity contribution in [2.24, 2.45) is 11.7 Å². The standard InChI is InChI=1S/C19H22Cl2N2/c1-23(18-10-16(20)9-17(21)11-18)19(12-22)8-13-6-14-4-2-3-5-15(14)7-13/h2-5,9-11,13,19H,6-8,12,22H2,1H3. The summed E-state index contributed by atoms with van der Waals surface area (Å²) in [6, 6.07) is 14.7. The lowest BCUT2D eigenvalue weighted by molar-refractivity contribution is 0.442. The van der Waals surface area contributed by atoms with Crippen molar-refractivity contribution in [3.63, 3.8) is 0 Å². The zero-order valence-electron chi connectivity index (χ0n) is 13.3. The van der Waals surface area contributed by atoms with Crippen LogP contribution < -0.4 is 10.6 Å². The second-order valence-electron chi connectivity index (χ2n) is 6.41. The number of halogens is 2. The maximum absolute atomic E-state index is 6.13. The molecule has 2 aromatic carbocycles. The van der Waals surface area contributed by atoms with E-state index in [0.29, 0.717) is 22.5 Å². The highest BCUT2D eigenvalue weighted by Gasteiger charge is 2.25. The number of likely N-dealkylation sites (N-methyl/N-ethyl adjacent to an activating group) is 1. The van der Waals surface area contributed by atoms with Crippen LogP contribution in [0.5, 0.6) is 0 Å². The summed E-state index contributed by atoms with van der Waals surface area (Å²) in [7, 11) is 2.07. The van der Waals surface area contributed by atoms with Gasteiger partial charge in [-0.25, -0.2) is 0 Å². The van der Waals surface area contributed by atoms with Gasteiger partial charge < -0.3 is 10.6 Å². The Kier molecular flexibility index (Phi) is 5.15. The molecule has 0 saturated carbocycles. The fraction of sp³-hybridized carbons (Fsp3) is 0.368. The molecule has 23 heavy (non-hydrogen) atoms. The molecule has 0 radical (unpaired) electrons. The van der Waals surface area contributed by atoms with Crippen LogP contribution in [0, 0.1) is 5.92 Å². The van der Waals surface area contributed by atoms with Gasteiger partial charge in [-0.15, -0.1) is 0 Å². The number of hydrogen-bond donors (Lipinski definition) is 1. The Bertz CT molecular complexity index is 642. The molecule has 2 aromatic rings. The lowest BCUT2D eigenvalue weighted by atomic mass is 9.96. The number of benzene rings is 2. The van der Waals surface area contributed by atoms with Crippen LogP contribution in [0.4, 0.5) is 5.69 Å². The minimum Gasteiger partial charge on any atom is -0.370 e. The maximum Gasteiger partial charge on any atom is 0.0441 e. The smallest absolute Gasteiger partial charge is 0.0441 e. The van der Waals surface area contributed by atoms with Crippen LogP contribution in [0.3, 0.4) is 0 Å². The van der Waals surface area contributed by atoms with Gasteiger partial charge in [-0.3, -0.25) is 0 Å². The lowest BCUT2D eigenvalue weighted by Gasteiger charge is -2.31. The molecule has 2 nitrogen and oxygen atoms in total. The molecule has 0 amide bonds. The minimum atomic E-state index is 0.281. The number of rotatable bonds is 5. The van der Waals surface area contributed by atoms with Gasteiger partial charge in [0.1, 0.15) is 0 Å². The van der Waals surface area contributed by atoms with Crippen molar-refractivity contribution >= 4 is 28.9 Å². The van der Waals surface area contributed by atoms with E-state index in [1.165, 1.54) is 11.1 Å². The largest absolute Gasteiger partial charge is 0.370 e. The van der Waals surface area contributed by atoms with E-state index in [1.807, 2.05) is 12.1 Å². The number of nitrogens with zero attached hydrogens (tertiary/aromatic N) is 1. The fourth-order valence-corrected chi connectivity index (χ4v) is 4.08. The Hall–Kier alpha value is -1.22. The van der Waals surface area contributed by atoms with Gasteiger partial charge in [0.15, 0.2) is 0 Å². The van der Waals surface area contributed by atoms with Gasteiger partial charge >= 0.3 is 0 Å². The predicted molar refractivity (Wildman–Crippen MR) is 99.7 cm³/mol. The maximum atomic E-state index is 6.13. The van der Waals surface area contributed by atoms with Crippen LogP contribution in [-0.4, -0.2) is 19.6 Å². The number of hydrogen-bond acceptors (Lipinski definition) is 2. The van der Waals surface area contributed by atoms with Crippen molar-refractivity contribution in [2.45, 2.75) is 25.3 Å². The molecule has 3 rings (SSSR count). The summed E-state index contributed by atoms with van der Waals surface area (Å²) in [5.74, 6) is 0.651. The van der Waals surface area contributed by atoms with Crippen LogP contribution in [0.1, 0.15) is 17.5 Å². The van der Waals surface area contributed by atoms with Crippen LogP contribution in [0.2, 0.25) is 10.0 Å². The van der Waals surface area contributed by atoms with E-state index in [-0.39, 0.29) is 6.04 Å². The molecule has 0 aromatic heterocycles. The van der Waals surface area contributed by atoms with E-state index in [2.05, 4.69) is 36.2 Å². The average Bonchev–Trinajstić information content (AvgIpc) is 2.93. The van der Waals surface area contributed by atoms with Gasteiger partial charge in [0.25, 0.3) is 0 Å². The summed E-state index contributed by atoms with van der Waals surface area (Å²) in [6.07, 6.45) is 3.37. The molecule has 122 valence electrons. The molecule has 0 heterocycles. The highest BCUT2D eigenvalue weighted by atomic mass is 35.5. The van der Waals surface area contributed by atoms with Gasteiger partial charge in [0, 0.05) is 35.4 Å². The van der Waals surface area contributed by atoms with Gasteiger partial charge in [-0.1, -0.05) is 47.5 Å². The van der Waals surface area contributed by atoms with Gasteiger partial charge in [0.05, 0.1) is 0 Å². The monoisotopic (exact) mass is 348 g/mol. The van der Waals surface area contributed by atoms with Gasteiger partial charge in [-0.2, -0.15) is 0 Å². The Labute approximate surface area is 148 Å². The molecule has 0 fully saturated rings. The molecule has 0 saturated heterocycles. The first kappa shape index (κ1) is 16.6. The van der Waals surface area contributed by atoms with Crippen LogP contribution in [0.15, 0.2) is 42.5 Å². The summed E-state index contributed by atoms with van der Waals surface area (Å²) < 4.78 is 0. The SMILES string of the molecule is CN(c1cc(Cl)cc(Cl)c1)C(CN)CC1Cc2ccccc2C1. The van der Waals surface area contributed by atoms with Crippen molar-refractivity contribution in [1.82, 2.24) is 0 Å². The molecular weight excluding hydrogens is 327 g/mol. The molecule has 1 aliphatic carbocycles. The van der Waals surface area contributed by atoms with Gasteiger partial charge in [0.2, 0.25) is 0 Å². The quantitative estimate of drug-likeness (QED) is 0.857. The normalized spacial score (nSPS) is 15.5. The second kappa shape index (κ2) is 7.12. The lowest BCUT2D eigenvalue weighted by Crippen LogP contribution is -2.39. The summed E-state index contributed by atoms with van der Waals surface area (Å²) in [5, 5.41) is 1.31. The molecule has 2 N–H and O–H groups in total. The van der Waals surface area contributed by atoms with E-state index >= 15 is 0 Å². The topological polar surface area (TPSA) is 29.3 Å². The third kappa shape index (κ3) is 3.82. The first-order valence-electron chi connectivity index (χ1n) is 8.02. The van der Waals surface area contributed by atoms with Crippen molar-refractivity contribution in [1.29, 1.82) is 0 Å². The molecule has 1 unspecified atom stereocenters. The molecule has 0 aliphatic heterocycles. The number of anilines is 1. The van der Waals surface area contributed by atoms with Crippen LogP contribution in [-0.2, 0) is 12.8 Å². The molecular formula is C19H22Cl2N2. The first-order chi connectivity index (χ1) is 11.1. The molecule has 1 aliphatic rings. The molecule has 0 spiro atoms. The Morgan fingerprint density at radius 2 is 1.65 bits per heavy atom. The van der Waals surface area contributed by atoms with E-state index in [9.17, 15) is 0 Å². The number of fused-ring (bicyclic) bond motifs is 1. The Morgan fingerprint density at radius 3 is 2.17 bits per heavy atom. The highest BCUT2D eigenvalue weighted by molar-refractivity contribution is 6.35. The average molecular weight is 349 g/mol. The van der Waals surface area contributed by atoms with E-state index < -0.39 is 0 Å². The highest BCUT2D eigenvalue weighted by Crippen LogP contribution is 2.32. The predicted octanol–water partition coefficient (Wildman–Crippen LogP) is 4.56.